The number of aliphatic carboxylic acids is 1. The molecule has 41 heavy (non-hydrogen) atoms. The van der Waals surface area contributed by atoms with E-state index in [0.29, 0.717) is 11.5 Å². The Morgan fingerprint density at radius 3 is 2.46 bits per heavy atom. The van der Waals surface area contributed by atoms with Crippen molar-refractivity contribution in [3.8, 4) is 16.9 Å². The summed E-state index contributed by atoms with van der Waals surface area (Å²) in [7, 11) is 0. The fraction of sp³-hybridized carbons (Fsp3) is 0.258. The largest absolute Gasteiger partial charge is 2.00 e. The van der Waals surface area contributed by atoms with Crippen LogP contribution in [0.15, 0.2) is 79.0 Å². The Labute approximate surface area is 268 Å². The molecule has 4 aromatic rings. The van der Waals surface area contributed by atoms with Crippen molar-refractivity contribution in [3.05, 3.63) is 96.1 Å². The van der Waals surface area contributed by atoms with E-state index in [1.165, 1.54) is 18.2 Å². The maximum Gasteiger partial charge on any atom is 2.00 e. The number of nitrogens with one attached hydrogen (secondary N) is 1. The Morgan fingerprint density at radius 2 is 1.80 bits per heavy atom. The molecule has 0 bridgehead atoms. The Kier molecular flexibility index (Phi) is 12.1. The Morgan fingerprint density at radius 1 is 1.10 bits per heavy atom. The molecule has 2 heterocycles. The maximum atomic E-state index is 13.9. The Balaban J connectivity index is 0.00000462. The van der Waals surface area contributed by atoms with Crippen LogP contribution in [-0.2, 0) is 4.79 Å². The second-order valence-corrected chi connectivity index (χ2v) is 9.68. The number of benzene rings is 2. The number of nitrogens with zero attached hydrogens (tertiary/aromatic N) is 3. The van der Waals surface area contributed by atoms with Gasteiger partial charge in [0.2, 0.25) is 0 Å². The van der Waals surface area contributed by atoms with Crippen molar-refractivity contribution in [1.82, 2.24) is 14.8 Å². The van der Waals surface area contributed by atoms with Gasteiger partial charge in [-0.3, -0.25) is 4.79 Å². The molecule has 0 amide bonds. The molecule has 0 aliphatic carbocycles. The van der Waals surface area contributed by atoms with Gasteiger partial charge in [-0.15, -0.1) is 0 Å². The first kappa shape index (κ1) is 32.4. The first-order chi connectivity index (χ1) is 19.2. The van der Waals surface area contributed by atoms with Crippen molar-refractivity contribution in [2.45, 2.75) is 51.2 Å². The van der Waals surface area contributed by atoms with Gasteiger partial charge in [0.1, 0.15) is 11.6 Å². The summed E-state index contributed by atoms with van der Waals surface area (Å²) in [5.41, 5.74) is 4.55. The fourth-order valence-corrected chi connectivity index (χ4v) is 4.38. The van der Waals surface area contributed by atoms with Crippen LogP contribution in [0.3, 0.4) is 0 Å². The summed E-state index contributed by atoms with van der Waals surface area (Å²) in [4.78, 5) is 15.4. The van der Waals surface area contributed by atoms with Crippen molar-refractivity contribution in [2.24, 2.45) is 0 Å². The minimum atomic E-state index is -1.18. The van der Waals surface area contributed by atoms with E-state index in [2.05, 4.69) is 24.1 Å². The SMILES string of the molecule is CCC(C)c1nn(-c2ccnc(Nc3ccccc3)c2)c(-c2ccc(F)cc2)c1/C=C/[C@@H](O)C[C@@H](O)CC(=O)O.[Ca+2]. The van der Waals surface area contributed by atoms with Crippen LogP contribution in [0, 0.1) is 5.82 Å². The number of hydrogen-bond donors (Lipinski definition) is 4. The number of carbonyl (C=O) groups is 1. The number of aliphatic hydroxyl groups is 2. The summed E-state index contributed by atoms with van der Waals surface area (Å²) in [5.74, 6) is -0.830. The molecule has 208 valence electrons. The summed E-state index contributed by atoms with van der Waals surface area (Å²) >= 11 is 0. The van der Waals surface area contributed by atoms with Crippen molar-refractivity contribution in [2.75, 3.05) is 5.32 Å². The van der Waals surface area contributed by atoms with Crippen LogP contribution in [0.2, 0.25) is 0 Å². The van der Waals surface area contributed by atoms with Crippen LogP contribution in [0.5, 0.6) is 0 Å². The third kappa shape index (κ3) is 8.70. The van der Waals surface area contributed by atoms with E-state index in [9.17, 15) is 19.4 Å². The Bertz CT molecular complexity index is 1460. The van der Waals surface area contributed by atoms with E-state index in [0.717, 1.165) is 34.6 Å². The average Bonchev–Trinajstić information content (AvgIpc) is 3.31. The normalized spacial score (nSPS) is 13.4. The van der Waals surface area contributed by atoms with Gasteiger partial charge < -0.3 is 20.6 Å². The minimum Gasteiger partial charge on any atom is -0.481 e. The predicted octanol–water partition coefficient (Wildman–Crippen LogP) is 5.55. The standard InChI is InChI=1S/C31H33FN4O4.Ca/c1-3-20(2)30-27(14-13-25(37)18-26(38)19-29(39)40)31(21-9-11-22(32)12-10-21)36(35-30)24-15-16-33-28(17-24)34-23-7-5-4-6-8-23;/h4-17,20,25-26,37-38H,3,18-19H2,1-2H3,(H,33,34)(H,39,40);/q;+2/b14-13+;/t20?,25-,26-;/m1./s1. The molecule has 0 aliphatic heterocycles. The molecule has 2 aromatic carbocycles. The molecular weight excluding hydrogens is 551 g/mol. The van der Waals surface area contributed by atoms with Gasteiger partial charge in [0, 0.05) is 41.4 Å². The molecule has 0 fully saturated rings. The minimum absolute atomic E-state index is 0. The van der Waals surface area contributed by atoms with Gasteiger partial charge in [0.15, 0.2) is 0 Å². The number of halogens is 1. The van der Waals surface area contributed by atoms with E-state index in [4.69, 9.17) is 10.2 Å². The molecule has 0 saturated carbocycles. The first-order valence-electron chi connectivity index (χ1n) is 13.2. The van der Waals surface area contributed by atoms with E-state index in [1.54, 1.807) is 29.1 Å². The summed E-state index contributed by atoms with van der Waals surface area (Å²) in [5, 5.41) is 37.7. The molecular formula is C31H33CaFN4O4+2. The monoisotopic (exact) mass is 584 g/mol. The molecule has 10 heteroatoms. The molecule has 3 atom stereocenters. The maximum absolute atomic E-state index is 13.9. The zero-order valence-electron chi connectivity index (χ0n) is 23.1. The molecule has 2 aromatic heterocycles. The number of carboxylic acid groups (broad SMARTS) is 1. The van der Waals surface area contributed by atoms with Gasteiger partial charge in [-0.2, -0.15) is 5.10 Å². The first-order valence-corrected chi connectivity index (χ1v) is 13.2. The number of pyridine rings is 1. The third-order valence-electron chi connectivity index (χ3n) is 6.59. The number of rotatable bonds is 12. The Hall–Kier alpha value is -3.08. The van der Waals surface area contributed by atoms with Gasteiger partial charge in [0.05, 0.1) is 35.7 Å². The quantitative estimate of drug-likeness (QED) is 0.161. The number of hydrogen-bond acceptors (Lipinski definition) is 6. The fourth-order valence-electron chi connectivity index (χ4n) is 4.38. The van der Waals surface area contributed by atoms with Gasteiger partial charge in [-0.1, -0.05) is 44.2 Å². The second-order valence-electron chi connectivity index (χ2n) is 9.68. The van der Waals surface area contributed by atoms with E-state index < -0.39 is 24.6 Å². The zero-order chi connectivity index (χ0) is 28.6. The average molecular weight is 585 g/mol. The van der Waals surface area contributed by atoms with Crippen molar-refractivity contribution in [3.63, 3.8) is 0 Å². The molecule has 0 spiro atoms. The summed E-state index contributed by atoms with van der Waals surface area (Å²) in [6.07, 6.45) is 2.92. The van der Waals surface area contributed by atoms with Gasteiger partial charge in [-0.25, -0.2) is 14.1 Å². The number of aliphatic hydroxyl groups excluding tert-OH is 2. The topological polar surface area (TPSA) is 121 Å². The van der Waals surface area contributed by atoms with Crippen LogP contribution in [-0.4, -0.2) is 86.0 Å². The second kappa shape index (κ2) is 15.2. The number of carboxylic acids is 1. The van der Waals surface area contributed by atoms with E-state index in [1.807, 2.05) is 42.5 Å². The van der Waals surface area contributed by atoms with Crippen LogP contribution in [0.4, 0.5) is 15.9 Å². The molecule has 0 radical (unpaired) electrons. The predicted molar refractivity (Wildman–Crippen MR) is 159 cm³/mol. The van der Waals surface area contributed by atoms with Crippen molar-refractivity contribution < 1.29 is 24.5 Å². The van der Waals surface area contributed by atoms with Gasteiger partial charge in [0.25, 0.3) is 0 Å². The van der Waals surface area contributed by atoms with Crippen LogP contribution in [0.25, 0.3) is 23.0 Å². The molecule has 1 unspecified atom stereocenters. The number of aromatic nitrogens is 3. The molecule has 8 nitrogen and oxygen atoms in total. The van der Waals surface area contributed by atoms with Crippen LogP contribution in [0.1, 0.15) is 50.3 Å². The number of para-hydroxylation sites is 1. The molecule has 0 saturated heterocycles. The zero-order valence-corrected chi connectivity index (χ0v) is 25.3. The van der Waals surface area contributed by atoms with Gasteiger partial charge in [-0.05, 0) is 48.9 Å². The van der Waals surface area contributed by atoms with E-state index in [-0.39, 0.29) is 55.9 Å². The van der Waals surface area contributed by atoms with Crippen LogP contribution < -0.4 is 5.32 Å². The summed E-state index contributed by atoms with van der Waals surface area (Å²) < 4.78 is 15.7. The van der Waals surface area contributed by atoms with Gasteiger partial charge >= 0.3 is 43.7 Å². The molecule has 4 rings (SSSR count). The number of anilines is 2. The van der Waals surface area contributed by atoms with E-state index >= 15 is 0 Å². The molecule has 4 N–H and O–H groups in total. The van der Waals surface area contributed by atoms with Crippen LogP contribution >= 0.6 is 0 Å². The van der Waals surface area contributed by atoms with Crippen molar-refractivity contribution in [1.29, 1.82) is 0 Å². The third-order valence-corrected chi connectivity index (χ3v) is 6.59. The summed E-state index contributed by atoms with van der Waals surface area (Å²) in [6.45, 7) is 4.11. The summed E-state index contributed by atoms with van der Waals surface area (Å²) in [6, 6.07) is 19.5. The molecule has 0 aliphatic rings. The smallest absolute Gasteiger partial charge is 0.481 e. The van der Waals surface area contributed by atoms with Crippen molar-refractivity contribution >= 4 is 61.3 Å².